The normalized spacial score (nSPS) is 15.7. The minimum atomic E-state index is -0.958. The number of hydrogen-bond donors (Lipinski definition) is 2. The van der Waals surface area contributed by atoms with Crippen molar-refractivity contribution in [2.75, 3.05) is 10.6 Å². The molecule has 5 nitrogen and oxygen atoms in total. The second-order valence-corrected chi connectivity index (χ2v) is 7.64. The van der Waals surface area contributed by atoms with Crippen molar-refractivity contribution < 1.29 is 18.4 Å². The van der Waals surface area contributed by atoms with Crippen LogP contribution in [0, 0.1) is 18.6 Å². The smallest absolute Gasteiger partial charge is 0.234 e. The molecular weight excluding hydrogens is 384 g/mol. The number of amides is 2. The fourth-order valence-corrected chi connectivity index (χ4v) is 4.04. The lowest BCUT2D eigenvalue weighted by atomic mass is 9.90. The number of halogens is 2. The molecule has 0 spiro atoms. The van der Waals surface area contributed by atoms with Crippen LogP contribution >= 0.6 is 11.3 Å². The Morgan fingerprint density at radius 3 is 2.79 bits per heavy atom. The van der Waals surface area contributed by atoms with Crippen LogP contribution < -0.4 is 10.6 Å². The number of carbonyl (C=O) groups excluding carboxylic acids is 2. The van der Waals surface area contributed by atoms with Gasteiger partial charge in [0.25, 0.3) is 0 Å². The van der Waals surface area contributed by atoms with Crippen molar-refractivity contribution in [3.63, 3.8) is 0 Å². The van der Waals surface area contributed by atoms with Gasteiger partial charge in [0.05, 0.1) is 11.6 Å². The molecule has 2 N–H and O–H groups in total. The van der Waals surface area contributed by atoms with E-state index in [2.05, 4.69) is 15.6 Å². The van der Waals surface area contributed by atoms with E-state index in [0.29, 0.717) is 22.1 Å². The summed E-state index contributed by atoms with van der Waals surface area (Å²) in [5, 5.41) is 5.84. The number of carbonyl (C=O) groups is 2. The largest absolute Gasteiger partial charge is 0.326 e. The minimum Gasteiger partial charge on any atom is -0.326 e. The zero-order chi connectivity index (χ0) is 19.8. The van der Waals surface area contributed by atoms with Gasteiger partial charge in [-0.3, -0.25) is 9.59 Å². The second kappa shape index (κ2) is 7.12. The van der Waals surface area contributed by atoms with E-state index in [9.17, 15) is 18.4 Å². The number of fused-ring (bicyclic) bond motifs is 1. The molecule has 3 aromatic rings. The number of rotatable bonds is 3. The molecule has 1 unspecified atom stereocenters. The molecule has 4 rings (SSSR count). The Labute approximate surface area is 163 Å². The van der Waals surface area contributed by atoms with E-state index in [-0.39, 0.29) is 18.2 Å². The summed E-state index contributed by atoms with van der Waals surface area (Å²) in [4.78, 5) is 29.8. The van der Waals surface area contributed by atoms with Gasteiger partial charge in [-0.05, 0) is 36.8 Å². The van der Waals surface area contributed by atoms with Crippen molar-refractivity contribution in [1.82, 2.24) is 4.98 Å². The van der Waals surface area contributed by atoms with Crippen LogP contribution in [-0.4, -0.2) is 16.8 Å². The molecule has 1 aromatic heterocycles. The number of aryl methyl sites for hydroxylation is 1. The number of nitrogens with one attached hydrogen (secondary N) is 2. The Balaban J connectivity index is 1.59. The number of hydrogen-bond acceptors (Lipinski definition) is 4. The average molecular weight is 399 g/mol. The molecule has 2 amide bonds. The third kappa shape index (κ3) is 3.38. The molecule has 28 heavy (non-hydrogen) atoms. The molecule has 1 aliphatic heterocycles. The average Bonchev–Trinajstić information content (AvgIpc) is 3.03. The number of nitrogens with zero attached hydrogens (tertiary/aromatic N) is 1. The summed E-state index contributed by atoms with van der Waals surface area (Å²) >= 11 is 1.23. The number of anilines is 2. The van der Waals surface area contributed by atoms with Crippen molar-refractivity contribution >= 4 is 34.0 Å². The van der Waals surface area contributed by atoms with Crippen LogP contribution in [0.1, 0.15) is 22.8 Å². The highest BCUT2D eigenvalue weighted by atomic mass is 32.1. The van der Waals surface area contributed by atoms with Gasteiger partial charge >= 0.3 is 0 Å². The van der Waals surface area contributed by atoms with Gasteiger partial charge in [0.2, 0.25) is 11.8 Å². The van der Waals surface area contributed by atoms with Crippen LogP contribution in [-0.2, 0) is 9.59 Å². The Kier molecular flexibility index (Phi) is 4.64. The first-order valence-corrected chi connectivity index (χ1v) is 9.36. The first-order chi connectivity index (χ1) is 13.4. The van der Waals surface area contributed by atoms with Crippen LogP contribution in [0.25, 0.3) is 11.3 Å². The van der Waals surface area contributed by atoms with Crippen molar-refractivity contribution in [2.24, 2.45) is 0 Å². The monoisotopic (exact) mass is 399 g/mol. The highest BCUT2D eigenvalue weighted by Crippen LogP contribution is 2.35. The van der Waals surface area contributed by atoms with Crippen molar-refractivity contribution in [1.29, 1.82) is 0 Å². The standard InChI is InChI=1S/C20H15F2N3O2S/c1-10-18(11-6-7-14(21)15(22)8-11)24-20(28-10)25-19(27)13-9-17(26)23-16-5-3-2-4-12(13)16/h2-8,13H,9H2,1H3,(H,23,26)(H,24,25,27). The maximum atomic E-state index is 13.5. The summed E-state index contributed by atoms with van der Waals surface area (Å²) in [6, 6.07) is 10.7. The molecular formula is C20H15F2N3O2S. The molecule has 1 aliphatic rings. The fourth-order valence-electron chi connectivity index (χ4n) is 3.20. The fraction of sp³-hybridized carbons (Fsp3) is 0.150. The van der Waals surface area contributed by atoms with Gasteiger partial charge in [-0.15, -0.1) is 11.3 Å². The molecule has 0 fully saturated rings. The van der Waals surface area contributed by atoms with Crippen LogP contribution in [0.2, 0.25) is 0 Å². The predicted octanol–water partition coefficient (Wildman–Crippen LogP) is 4.46. The maximum absolute atomic E-state index is 13.5. The lowest BCUT2D eigenvalue weighted by Gasteiger charge is -2.24. The summed E-state index contributed by atoms with van der Waals surface area (Å²) in [6.07, 6.45) is 0.0449. The SMILES string of the molecule is Cc1sc(NC(=O)C2CC(=O)Nc3ccccc32)nc1-c1ccc(F)c(F)c1. The maximum Gasteiger partial charge on any atom is 0.234 e. The molecule has 0 radical (unpaired) electrons. The van der Waals surface area contributed by atoms with Crippen LogP contribution in [0.4, 0.5) is 19.6 Å². The molecule has 0 saturated heterocycles. The van der Waals surface area contributed by atoms with E-state index in [1.54, 1.807) is 25.1 Å². The van der Waals surface area contributed by atoms with E-state index < -0.39 is 17.6 Å². The molecule has 1 atom stereocenters. The number of aromatic nitrogens is 1. The van der Waals surface area contributed by atoms with Crippen molar-refractivity contribution in [2.45, 2.75) is 19.3 Å². The van der Waals surface area contributed by atoms with E-state index in [1.165, 1.54) is 17.4 Å². The van der Waals surface area contributed by atoms with Crippen molar-refractivity contribution in [3.8, 4) is 11.3 Å². The Morgan fingerprint density at radius 2 is 2.00 bits per heavy atom. The summed E-state index contributed by atoms with van der Waals surface area (Å²) < 4.78 is 26.7. The van der Waals surface area contributed by atoms with Crippen molar-refractivity contribution in [3.05, 3.63) is 64.5 Å². The van der Waals surface area contributed by atoms with Gasteiger partial charge in [0.1, 0.15) is 0 Å². The Bertz CT molecular complexity index is 1100. The zero-order valence-electron chi connectivity index (χ0n) is 14.8. The number of thiazole rings is 1. The summed E-state index contributed by atoms with van der Waals surface area (Å²) in [5.74, 6) is -3.08. The third-order valence-electron chi connectivity index (χ3n) is 4.54. The van der Waals surface area contributed by atoms with Crippen LogP contribution in [0.15, 0.2) is 42.5 Å². The van der Waals surface area contributed by atoms with E-state index in [1.807, 2.05) is 6.07 Å². The first-order valence-electron chi connectivity index (χ1n) is 8.55. The second-order valence-electron chi connectivity index (χ2n) is 6.43. The number of benzene rings is 2. The molecule has 0 aliphatic carbocycles. The molecule has 0 bridgehead atoms. The van der Waals surface area contributed by atoms with E-state index in [4.69, 9.17) is 0 Å². The predicted molar refractivity (Wildman–Crippen MR) is 103 cm³/mol. The van der Waals surface area contributed by atoms with E-state index >= 15 is 0 Å². The lowest BCUT2D eigenvalue weighted by molar-refractivity contribution is -0.123. The zero-order valence-corrected chi connectivity index (χ0v) is 15.6. The summed E-state index contributed by atoms with van der Waals surface area (Å²) in [5.41, 5.74) is 2.27. The van der Waals surface area contributed by atoms with Crippen LogP contribution in [0.5, 0.6) is 0 Å². The summed E-state index contributed by atoms with van der Waals surface area (Å²) in [7, 11) is 0. The molecule has 2 aromatic carbocycles. The van der Waals surface area contributed by atoms with Gasteiger partial charge < -0.3 is 10.6 Å². The number of para-hydroxylation sites is 1. The van der Waals surface area contributed by atoms with Gasteiger partial charge in [-0.2, -0.15) is 0 Å². The Morgan fingerprint density at radius 1 is 1.21 bits per heavy atom. The van der Waals surface area contributed by atoms with Crippen LogP contribution in [0.3, 0.4) is 0 Å². The van der Waals surface area contributed by atoms with Gasteiger partial charge in [0.15, 0.2) is 16.8 Å². The molecule has 142 valence electrons. The third-order valence-corrected chi connectivity index (χ3v) is 5.42. The topological polar surface area (TPSA) is 71.1 Å². The molecule has 0 saturated carbocycles. The Hall–Kier alpha value is -3.13. The van der Waals surface area contributed by atoms with E-state index in [0.717, 1.165) is 22.6 Å². The highest BCUT2D eigenvalue weighted by Gasteiger charge is 2.31. The van der Waals surface area contributed by atoms with Gasteiger partial charge in [-0.1, -0.05) is 18.2 Å². The highest BCUT2D eigenvalue weighted by molar-refractivity contribution is 7.16. The first kappa shape index (κ1) is 18.2. The molecule has 2 heterocycles. The lowest BCUT2D eigenvalue weighted by Crippen LogP contribution is -2.30. The van der Waals surface area contributed by atoms with Gasteiger partial charge in [-0.25, -0.2) is 13.8 Å². The minimum absolute atomic E-state index is 0.0449. The van der Waals surface area contributed by atoms with Gasteiger partial charge in [0, 0.05) is 22.5 Å². The molecule has 8 heteroatoms. The quantitative estimate of drug-likeness (QED) is 0.683. The summed E-state index contributed by atoms with van der Waals surface area (Å²) in [6.45, 7) is 1.78.